The lowest BCUT2D eigenvalue weighted by Gasteiger charge is -2.34. The van der Waals surface area contributed by atoms with Gasteiger partial charge in [0, 0.05) is 12.3 Å². The quantitative estimate of drug-likeness (QED) is 0.899. The normalized spacial score (nSPS) is 18.2. The van der Waals surface area contributed by atoms with Crippen molar-refractivity contribution >= 4 is 11.6 Å². The van der Waals surface area contributed by atoms with Gasteiger partial charge in [0.1, 0.15) is 0 Å². The maximum Gasteiger partial charge on any atom is 0.241 e. The number of hydrogen-bond acceptors (Lipinski definition) is 3. The van der Waals surface area contributed by atoms with Gasteiger partial charge in [0.2, 0.25) is 5.91 Å². The van der Waals surface area contributed by atoms with Crippen LogP contribution >= 0.6 is 0 Å². The highest BCUT2D eigenvalue weighted by Crippen LogP contribution is 2.23. The number of carbonyl (C=O) groups is 1. The van der Waals surface area contributed by atoms with E-state index in [0.29, 0.717) is 5.92 Å². The molecule has 1 aliphatic rings. The summed E-state index contributed by atoms with van der Waals surface area (Å²) in [6, 6.07) is 4.06. The number of aryl methyl sites for hydroxylation is 3. The maximum absolute atomic E-state index is 12.5. The Bertz CT molecular complexity index is 511. The smallest absolute Gasteiger partial charge is 0.241 e. The summed E-state index contributed by atoms with van der Waals surface area (Å²) >= 11 is 0. The third-order valence-electron chi connectivity index (χ3n) is 4.76. The summed E-state index contributed by atoms with van der Waals surface area (Å²) in [5, 5.41) is 12.3. The minimum atomic E-state index is -0.139. The predicted octanol–water partition coefficient (Wildman–Crippen LogP) is 2.64. The number of carbonyl (C=O) groups excluding carboxylic acids is 1. The molecule has 1 amide bonds. The molecule has 0 radical (unpaired) electrons. The van der Waals surface area contributed by atoms with Gasteiger partial charge in [-0.15, -0.1) is 0 Å². The van der Waals surface area contributed by atoms with Crippen molar-refractivity contribution < 1.29 is 9.90 Å². The lowest BCUT2D eigenvalue weighted by molar-refractivity contribution is -0.121. The Morgan fingerprint density at radius 1 is 1.27 bits per heavy atom. The summed E-state index contributed by atoms with van der Waals surface area (Å²) in [5.41, 5.74) is 4.37. The molecule has 0 aromatic heterocycles. The number of likely N-dealkylation sites (tertiary alicyclic amines) is 1. The van der Waals surface area contributed by atoms with Gasteiger partial charge in [-0.25, -0.2) is 0 Å². The van der Waals surface area contributed by atoms with E-state index in [-0.39, 0.29) is 18.6 Å². The Kier molecular flexibility index (Phi) is 5.59. The second-order valence-electron chi connectivity index (χ2n) is 6.60. The Morgan fingerprint density at radius 2 is 1.82 bits per heavy atom. The van der Waals surface area contributed by atoms with E-state index in [4.69, 9.17) is 0 Å². The Balaban J connectivity index is 2.00. The lowest BCUT2D eigenvalue weighted by atomic mass is 9.96. The second kappa shape index (κ2) is 7.25. The minimum Gasteiger partial charge on any atom is -0.396 e. The van der Waals surface area contributed by atoms with Crippen molar-refractivity contribution in [2.75, 3.05) is 25.0 Å². The molecular formula is C18H28N2O2. The zero-order valence-corrected chi connectivity index (χ0v) is 14.1. The molecule has 0 bridgehead atoms. The molecule has 4 heteroatoms. The molecule has 0 spiro atoms. The summed E-state index contributed by atoms with van der Waals surface area (Å²) in [7, 11) is 0. The number of piperidine rings is 1. The average molecular weight is 304 g/mol. The zero-order chi connectivity index (χ0) is 16.3. The van der Waals surface area contributed by atoms with E-state index in [2.05, 4.69) is 29.3 Å². The number of benzene rings is 1. The van der Waals surface area contributed by atoms with Crippen molar-refractivity contribution in [3.63, 3.8) is 0 Å². The van der Waals surface area contributed by atoms with Crippen LogP contribution in [0.3, 0.4) is 0 Å². The van der Waals surface area contributed by atoms with E-state index in [9.17, 15) is 9.90 Å². The first-order chi connectivity index (χ1) is 10.4. The summed E-state index contributed by atoms with van der Waals surface area (Å²) < 4.78 is 0. The number of nitrogens with one attached hydrogen (secondary N) is 1. The van der Waals surface area contributed by atoms with Gasteiger partial charge in [-0.3, -0.25) is 9.69 Å². The predicted molar refractivity (Wildman–Crippen MR) is 90.1 cm³/mol. The number of aliphatic hydroxyl groups excluding tert-OH is 1. The zero-order valence-electron chi connectivity index (χ0n) is 14.1. The number of anilines is 1. The third-order valence-corrected chi connectivity index (χ3v) is 4.76. The molecule has 1 aliphatic heterocycles. The van der Waals surface area contributed by atoms with Gasteiger partial charge in [-0.2, -0.15) is 0 Å². The van der Waals surface area contributed by atoms with Crippen LogP contribution in [0.2, 0.25) is 0 Å². The van der Waals surface area contributed by atoms with Crippen LogP contribution in [0, 0.1) is 26.7 Å². The molecular weight excluding hydrogens is 276 g/mol. The number of nitrogens with zero attached hydrogens (tertiary/aromatic N) is 1. The molecule has 22 heavy (non-hydrogen) atoms. The van der Waals surface area contributed by atoms with Crippen LogP contribution in [0.25, 0.3) is 0 Å². The summed E-state index contributed by atoms with van der Waals surface area (Å²) in [6.07, 6.45) is 1.94. The van der Waals surface area contributed by atoms with Crippen LogP contribution in [-0.2, 0) is 4.79 Å². The Labute approximate surface area is 133 Å². The van der Waals surface area contributed by atoms with E-state index in [0.717, 1.165) is 42.7 Å². The number of aliphatic hydroxyl groups is 1. The van der Waals surface area contributed by atoms with Crippen LogP contribution in [-0.4, -0.2) is 41.7 Å². The number of rotatable bonds is 4. The molecule has 2 N–H and O–H groups in total. The summed E-state index contributed by atoms with van der Waals surface area (Å²) in [6.45, 7) is 10.1. The topological polar surface area (TPSA) is 52.6 Å². The molecule has 122 valence electrons. The van der Waals surface area contributed by atoms with Crippen molar-refractivity contribution in [1.82, 2.24) is 4.90 Å². The van der Waals surface area contributed by atoms with Gasteiger partial charge in [0.15, 0.2) is 0 Å². The highest BCUT2D eigenvalue weighted by atomic mass is 16.3. The van der Waals surface area contributed by atoms with E-state index in [1.807, 2.05) is 20.8 Å². The first-order valence-electron chi connectivity index (χ1n) is 8.16. The van der Waals surface area contributed by atoms with E-state index < -0.39 is 0 Å². The Morgan fingerprint density at radius 3 is 2.32 bits per heavy atom. The lowest BCUT2D eigenvalue weighted by Crippen LogP contribution is -2.46. The maximum atomic E-state index is 12.5. The molecule has 0 aliphatic carbocycles. The van der Waals surface area contributed by atoms with Crippen LogP contribution in [0.5, 0.6) is 0 Å². The fourth-order valence-electron chi connectivity index (χ4n) is 3.29. The van der Waals surface area contributed by atoms with Gasteiger partial charge >= 0.3 is 0 Å². The molecule has 1 aromatic rings. The highest BCUT2D eigenvalue weighted by molar-refractivity contribution is 5.96. The Hall–Kier alpha value is -1.39. The largest absolute Gasteiger partial charge is 0.396 e. The SMILES string of the molecule is Cc1cc(C)c(NC(=O)C(C)N2CCC(CO)CC2)c(C)c1. The first-order valence-corrected chi connectivity index (χ1v) is 8.16. The average Bonchev–Trinajstić information content (AvgIpc) is 2.50. The van der Waals surface area contributed by atoms with Crippen molar-refractivity contribution in [1.29, 1.82) is 0 Å². The summed E-state index contributed by atoms with van der Waals surface area (Å²) in [5.74, 6) is 0.450. The highest BCUT2D eigenvalue weighted by Gasteiger charge is 2.26. The van der Waals surface area contributed by atoms with Crippen molar-refractivity contribution in [3.8, 4) is 0 Å². The molecule has 1 heterocycles. The van der Waals surface area contributed by atoms with Crippen molar-refractivity contribution in [2.45, 2.75) is 46.6 Å². The number of hydrogen-bond donors (Lipinski definition) is 2. The van der Waals surface area contributed by atoms with Gasteiger partial charge in [0.25, 0.3) is 0 Å². The summed E-state index contributed by atoms with van der Waals surface area (Å²) in [4.78, 5) is 14.8. The third kappa shape index (κ3) is 3.87. The monoisotopic (exact) mass is 304 g/mol. The molecule has 2 rings (SSSR count). The van der Waals surface area contributed by atoms with Crippen LogP contribution in [0.15, 0.2) is 12.1 Å². The minimum absolute atomic E-state index is 0.0532. The number of amides is 1. The van der Waals surface area contributed by atoms with Crippen molar-refractivity contribution in [2.24, 2.45) is 5.92 Å². The van der Waals surface area contributed by atoms with E-state index >= 15 is 0 Å². The van der Waals surface area contributed by atoms with Crippen LogP contribution < -0.4 is 5.32 Å². The van der Waals surface area contributed by atoms with Gasteiger partial charge in [0.05, 0.1) is 6.04 Å². The standard InChI is InChI=1S/C18H28N2O2/c1-12-9-13(2)17(14(3)10-12)19-18(22)15(4)20-7-5-16(11-21)6-8-20/h9-10,15-16,21H,5-8,11H2,1-4H3,(H,19,22). The van der Waals surface area contributed by atoms with E-state index in [1.165, 1.54) is 5.56 Å². The molecule has 1 saturated heterocycles. The van der Waals surface area contributed by atoms with Crippen molar-refractivity contribution in [3.05, 3.63) is 28.8 Å². The van der Waals surface area contributed by atoms with E-state index in [1.54, 1.807) is 0 Å². The fraction of sp³-hybridized carbons (Fsp3) is 0.611. The fourth-order valence-corrected chi connectivity index (χ4v) is 3.29. The molecule has 1 aromatic carbocycles. The molecule has 0 saturated carbocycles. The first kappa shape index (κ1) is 17.0. The molecule has 4 nitrogen and oxygen atoms in total. The van der Waals surface area contributed by atoms with Gasteiger partial charge < -0.3 is 10.4 Å². The van der Waals surface area contributed by atoms with Gasteiger partial charge in [-0.05, 0) is 70.7 Å². The van der Waals surface area contributed by atoms with Crippen LogP contribution in [0.1, 0.15) is 36.5 Å². The second-order valence-corrected chi connectivity index (χ2v) is 6.60. The molecule has 1 unspecified atom stereocenters. The molecule has 1 fully saturated rings. The van der Waals surface area contributed by atoms with Crippen LogP contribution in [0.4, 0.5) is 5.69 Å². The van der Waals surface area contributed by atoms with Gasteiger partial charge in [-0.1, -0.05) is 17.7 Å². The molecule has 1 atom stereocenters.